The summed E-state index contributed by atoms with van der Waals surface area (Å²) in [6, 6.07) is 0. The van der Waals surface area contributed by atoms with E-state index in [1.165, 1.54) is 17.2 Å². The maximum absolute atomic E-state index is 12.5. The van der Waals surface area contributed by atoms with E-state index in [4.69, 9.17) is 18.9 Å². The van der Waals surface area contributed by atoms with Crippen molar-refractivity contribution in [3.8, 4) is 0 Å². The van der Waals surface area contributed by atoms with Gasteiger partial charge in [0.15, 0.2) is 24.9 Å². The van der Waals surface area contributed by atoms with Crippen molar-refractivity contribution >= 4 is 20.4 Å². The minimum atomic E-state index is -3.65. The molecule has 12 nitrogen and oxygen atoms in total. The standard InChI is InChI=1S/C14H26N4O8S2/c1-5-15-9-10(16(6-2)27(15,19)20)24-13(23-9)14-25-11-12(26-14)18(8-4)28(21,22)17(11)7-3/h9-14H,5-8H2,1-4H3/t9-,10-,11-,12-/m1/s1. The number of likely N-dealkylation sites (N-methyl/N-ethyl adjacent to an activating group) is 4. The molecule has 0 aromatic carbocycles. The van der Waals surface area contributed by atoms with E-state index in [1.807, 2.05) is 0 Å². The fourth-order valence-electron chi connectivity index (χ4n) is 4.15. The van der Waals surface area contributed by atoms with Gasteiger partial charge in [-0.05, 0) is 0 Å². The van der Waals surface area contributed by atoms with Crippen LogP contribution in [0.25, 0.3) is 0 Å². The summed E-state index contributed by atoms with van der Waals surface area (Å²) in [5, 5.41) is 0. The van der Waals surface area contributed by atoms with Crippen LogP contribution in [0, 0.1) is 0 Å². The van der Waals surface area contributed by atoms with Crippen LogP contribution in [0.3, 0.4) is 0 Å². The third kappa shape index (κ3) is 2.71. The molecule has 4 heterocycles. The van der Waals surface area contributed by atoms with Gasteiger partial charge in [-0.2, -0.15) is 34.1 Å². The molecule has 4 saturated heterocycles. The molecule has 0 unspecified atom stereocenters. The summed E-state index contributed by atoms with van der Waals surface area (Å²) in [4.78, 5) is 0. The normalized spacial score (nSPS) is 39.7. The zero-order valence-corrected chi connectivity index (χ0v) is 17.8. The number of hydrogen-bond acceptors (Lipinski definition) is 8. The average Bonchev–Trinajstić information content (AvgIpc) is 3.30. The second-order valence-electron chi connectivity index (χ2n) is 6.67. The Morgan fingerprint density at radius 2 is 0.750 bits per heavy atom. The molecule has 0 N–H and O–H groups in total. The van der Waals surface area contributed by atoms with Crippen molar-refractivity contribution in [2.75, 3.05) is 26.2 Å². The van der Waals surface area contributed by atoms with E-state index < -0.39 is 57.9 Å². The highest BCUT2D eigenvalue weighted by molar-refractivity contribution is 7.87. The minimum Gasteiger partial charge on any atom is -0.324 e. The monoisotopic (exact) mass is 442 g/mol. The molecule has 0 radical (unpaired) electrons. The van der Waals surface area contributed by atoms with E-state index >= 15 is 0 Å². The Morgan fingerprint density at radius 3 is 0.929 bits per heavy atom. The van der Waals surface area contributed by atoms with Gasteiger partial charge in [0.2, 0.25) is 12.6 Å². The molecule has 162 valence electrons. The highest BCUT2D eigenvalue weighted by Crippen LogP contribution is 2.42. The average molecular weight is 443 g/mol. The van der Waals surface area contributed by atoms with Crippen LogP contribution in [0.1, 0.15) is 27.7 Å². The molecule has 4 aliphatic heterocycles. The first-order chi connectivity index (χ1) is 13.2. The van der Waals surface area contributed by atoms with Crippen LogP contribution >= 0.6 is 0 Å². The smallest absolute Gasteiger partial charge is 0.286 e. The van der Waals surface area contributed by atoms with Crippen molar-refractivity contribution in [2.45, 2.75) is 65.2 Å². The van der Waals surface area contributed by atoms with E-state index in [0.717, 1.165) is 0 Å². The number of ether oxygens (including phenoxy) is 4. The van der Waals surface area contributed by atoms with Crippen molar-refractivity contribution in [2.24, 2.45) is 0 Å². The van der Waals surface area contributed by atoms with Crippen molar-refractivity contribution in [1.29, 1.82) is 0 Å². The first-order valence-electron chi connectivity index (χ1n) is 9.41. The van der Waals surface area contributed by atoms with E-state index in [1.54, 1.807) is 27.7 Å². The first kappa shape index (κ1) is 20.8. The molecule has 14 heteroatoms. The van der Waals surface area contributed by atoms with Crippen molar-refractivity contribution in [3.63, 3.8) is 0 Å². The first-order valence-corrected chi connectivity index (χ1v) is 12.2. The second-order valence-corrected chi connectivity index (χ2v) is 10.3. The number of hydrogen-bond donors (Lipinski definition) is 0. The quantitative estimate of drug-likeness (QED) is 0.523. The lowest BCUT2D eigenvalue weighted by atomic mass is 10.4. The Morgan fingerprint density at radius 1 is 0.536 bits per heavy atom. The molecule has 0 aromatic rings. The van der Waals surface area contributed by atoms with Crippen LogP contribution in [-0.2, 0) is 39.4 Å². The van der Waals surface area contributed by atoms with E-state index in [-0.39, 0.29) is 26.2 Å². The van der Waals surface area contributed by atoms with E-state index in [9.17, 15) is 16.8 Å². The molecule has 28 heavy (non-hydrogen) atoms. The Hall–Kier alpha value is -0.420. The summed E-state index contributed by atoms with van der Waals surface area (Å²) in [6.45, 7) is 7.83. The van der Waals surface area contributed by atoms with Gasteiger partial charge >= 0.3 is 0 Å². The van der Waals surface area contributed by atoms with Gasteiger partial charge in [-0.1, -0.05) is 27.7 Å². The molecule has 4 rings (SSSR count). The lowest BCUT2D eigenvalue weighted by Crippen LogP contribution is -2.43. The van der Waals surface area contributed by atoms with Gasteiger partial charge < -0.3 is 18.9 Å². The summed E-state index contributed by atoms with van der Waals surface area (Å²) in [6.07, 6.45) is -5.16. The number of nitrogens with zero attached hydrogens (tertiary/aromatic N) is 4. The number of fused-ring (bicyclic) bond motifs is 2. The molecule has 0 bridgehead atoms. The highest BCUT2D eigenvalue weighted by Gasteiger charge is 2.63. The lowest BCUT2D eigenvalue weighted by Gasteiger charge is -2.26. The maximum Gasteiger partial charge on any atom is 0.286 e. The second kappa shape index (κ2) is 7.08. The predicted octanol–water partition coefficient (Wildman–Crippen LogP) is -1.16. The van der Waals surface area contributed by atoms with E-state index in [2.05, 4.69) is 0 Å². The van der Waals surface area contributed by atoms with Gasteiger partial charge in [-0.15, -0.1) is 0 Å². The van der Waals surface area contributed by atoms with Crippen LogP contribution in [0.15, 0.2) is 0 Å². The van der Waals surface area contributed by atoms with Gasteiger partial charge in [0.05, 0.1) is 0 Å². The van der Waals surface area contributed by atoms with Gasteiger partial charge in [-0.25, -0.2) is 0 Å². The Kier molecular flexibility index (Phi) is 5.27. The predicted molar refractivity (Wildman–Crippen MR) is 94.4 cm³/mol. The minimum absolute atomic E-state index is 0.235. The molecule has 0 saturated carbocycles. The molecule has 0 spiro atoms. The fraction of sp³-hybridized carbons (Fsp3) is 1.00. The van der Waals surface area contributed by atoms with Gasteiger partial charge in [0, 0.05) is 26.2 Å². The Bertz CT molecular complexity index is 703. The molecule has 0 amide bonds. The fourth-order valence-corrected chi connectivity index (χ4v) is 7.66. The number of rotatable bonds is 5. The topological polar surface area (TPSA) is 118 Å². The molecule has 4 fully saturated rings. The summed E-state index contributed by atoms with van der Waals surface area (Å²) in [5.41, 5.74) is 0. The zero-order valence-electron chi connectivity index (χ0n) is 16.2. The molecule has 4 atom stereocenters. The largest absolute Gasteiger partial charge is 0.324 e. The summed E-state index contributed by atoms with van der Waals surface area (Å²) in [7, 11) is -7.30. The lowest BCUT2D eigenvalue weighted by molar-refractivity contribution is -0.237. The van der Waals surface area contributed by atoms with E-state index in [0.29, 0.717) is 0 Å². The third-order valence-electron chi connectivity index (χ3n) is 5.37. The van der Waals surface area contributed by atoms with Gasteiger partial charge in [-0.3, -0.25) is 0 Å². The van der Waals surface area contributed by atoms with Crippen LogP contribution in [0.2, 0.25) is 0 Å². The Balaban J connectivity index is 1.53. The summed E-state index contributed by atoms with van der Waals surface area (Å²) < 4.78 is 78.5. The maximum atomic E-state index is 12.5. The van der Waals surface area contributed by atoms with Crippen LogP contribution < -0.4 is 0 Å². The van der Waals surface area contributed by atoms with Crippen molar-refractivity contribution < 1.29 is 35.8 Å². The Labute approximate surface area is 165 Å². The molecular weight excluding hydrogens is 416 g/mol. The SMILES string of the molecule is CCN1[C@@H]2OC(C3O[C@@H]4[C@@H](O3)N(CC)S(=O)(=O)N4CC)O[C@H]2N(CC)S1(=O)=O. The van der Waals surface area contributed by atoms with Gasteiger partial charge in [0.25, 0.3) is 20.4 Å². The molecule has 4 aliphatic rings. The summed E-state index contributed by atoms with van der Waals surface area (Å²) in [5.74, 6) is 0. The molecule has 0 aromatic heterocycles. The van der Waals surface area contributed by atoms with Crippen LogP contribution in [0.5, 0.6) is 0 Å². The zero-order chi connectivity index (χ0) is 20.4. The van der Waals surface area contributed by atoms with Crippen molar-refractivity contribution in [1.82, 2.24) is 17.2 Å². The molecule has 0 aliphatic carbocycles. The highest BCUT2D eigenvalue weighted by atomic mass is 32.2. The van der Waals surface area contributed by atoms with Gasteiger partial charge in [0.1, 0.15) is 0 Å². The third-order valence-corrected chi connectivity index (χ3v) is 9.61. The molecular formula is C14H26N4O8S2. The van der Waals surface area contributed by atoms with Crippen LogP contribution in [0.4, 0.5) is 0 Å². The van der Waals surface area contributed by atoms with Crippen molar-refractivity contribution in [3.05, 3.63) is 0 Å². The van der Waals surface area contributed by atoms with Crippen LogP contribution in [-0.4, -0.2) is 97.7 Å². The summed E-state index contributed by atoms with van der Waals surface area (Å²) >= 11 is 0.